The van der Waals surface area contributed by atoms with Crippen molar-refractivity contribution in [2.24, 2.45) is 0 Å². The average molecular weight is 281 g/mol. The summed E-state index contributed by atoms with van der Waals surface area (Å²) in [5, 5.41) is 8.92. The third-order valence-electron chi connectivity index (χ3n) is 2.36. The van der Waals surface area contributed by atoms with Gasteiger partial charge in [0.05, 0.1) is 5.56 Å². The number of carboxylic acids is 1. The van der Waals surface area contributed by atoms with E-state index < -0.39 is 17.6 Å². The first-order valence-electron chi connectivity index (χ1n) is 5.23. The van der Waals surface area contributed by atoms with Gasteiger partial charge in [-0.2, -0.15) is 0 Å². The van der Waals surface area contributed by atoms with Crippen LogP contribution in [0.2, 0.25) is 0 Å². The van der Waals surface area contributed by atoms with Crippen LogP contribution >= 0.6 is 11.8 Å². The molecule has 0 atom stereocenters. The number of carboxylic acid groups (broad SMARTS) is 1. The highest BCUT2D eigenvalue weighted by Crippen LogP contribution is 2.32. The van der Waals surface area contributed by atoms with E-state index in [1.807, 2.05) is 0 Å². The van der Waals surface area contributed by atoms with Crippen molar-refractivity contribution in [3.63, 3.8) is 0 Å². The second kappa shape index (κ2) is 5.27. The lowest BCUT2D eigenvalue weighted by atomic mass is 10.2. The molecule has 0 unspecified atom stereocenters. The number of hydrogen-bond acceptors (Lipinski definition) is 3. The Kier molecular flexibility index (Phi) is 3.71. The van der Waals surface area contributed by atoms with E-state index in [1.54, 1.807) is 6.07 Å². The Labute approximate surface area is 112 Å². The summed E-state index contributed by atoms with van der Waals surface area (Å²) in [4.78, 5) is 11.5. The molecule has 0 heterocycles. The predicted molar refractivity (Wildman–Crippen MR) is 68.3 cm³/mol. The van der Waals surface area contributed by atoms with E-state index in [9.17, 15) is 13.6 Å². The van der Waals surface area contributed by atoms with Crippen LogP contribution in [0.15, 0.2) is 46.2 Å². The molecule has 2 aromatic rings. The van der Waals surface area contributed by atoms with Gasteiger partial charge in [-0.15, -0.1) is 0 Å². The zero-order valence-electron chi connectivity index (χ0n) is 9.56. The number of nitrogens with two attached hydrogens (primary N) is 1. The lowest BCUT2D eigenvalue weighted by Crippen LogP contribution is -2.03. The van der Waals surface area contributed by atoms with Gasteiger partial charge < -0.3 is 10.8 Å². The molecular formula is C13H9F2NO2S. The van der Waals surface area contributed by atoms with Crippen LogP contribution in [0, 0.1) is 11.6 Å². The van der Waals surface area contributed by atoms with Crippen molar-refractivity contribution in [1.29, 1.82) is 0 Å². The Morgan fingerprint density at radius 1 is 1.21 bits per heavy atom. The summed E-state index contributed by atoms with van der Waals surface area (Å²) < 4.78 is 26.7. The molecule has 6 heteroatoms. The Hall–Kier alpha value is -2.08. The van der Waals surface area contributed by atoms with Gasteiger partial charge >= 0.3 is 5.97 Å². The molecule has 0 aliphatic carbocycles. The van der Waals surface area contributed by atoms with Gasteiger partial charge in [0.1, 0.15) is 11.6 Å². The van der Waals surface area contributed by atoms with E-state index in [1.165, 1.54) is 18.2 Å². The maximum absolute atomic E-state index is 13.7. The van der Waals surface area contributed by atoms with Crippen molar-refractivity contribution < 1.29 is 18.7 Å². The third-order valence-corrected chi connectivity index (χ3v) is 3.38. The molecule has 0 saturated carbocycles. The largest absolute Gasteiger partial charge is 0.478 e. The second-order valence-corrected chi connectivity index (χ2v) is 4.85. The number of rotatable bonds is 3. The van der Waals surface area contributed by atoms with Crippen LogP contribution in [0.4, 0.5) is 14.5 Å². The average Bonchev–Trinajstić information content (AvgIpc) is 2.32. The second-order valence-electron chi connectivity index (χ2n) is 3.73. The van der Waals surface area contributed by atoms with Crippen LogP contribution in [-0.4, -0.2) is 11.1 Å². The fraction of sp³-hybridized carbons (Fsp3) is 0. The van der Waals surface area contributed by atoms with Crippen molar-refractivity contribution in [2.45, 2.75) is 9.79 Å². The number of aromatic carboxylic acids is 1. The van der Waals surface area contributed by atoms with Crippen molar-refractivity contribution >= 4 is 23.4 Å². The predicted octanol–water partition coefficient (Wildman–Crippen LogP) is 3.40. The first-order valence-corrected chi connectivity index (χ1v) is 6.05. The molecule has 3 nitrogen and oxygen atoms in total. The molecule has 98 valence electrons. The molecule has 0 amide bonds. The highest BCUT2D eigenvalue weighted by molar-refractivity contribution is 7.99. The minimum Gasteiger partial charge on any atom is -0.478 e. The van der Waals surface area contributed by atoms with Crippen molar-refractivity contribution in [2.75, 3.05) is 5.73 Å². The lowest BCUT2D eigenvalue weighted by Gasteiger charge is -2.07. The van der Waals surface area contributed by atoms with Gasteiger partial charge in [-0.3, -0.25) is 0 Å². The van der Waals surface area contributed by atoms with Crippen LogP contribution in [0.25, 0.3) is 0 Å². The molecule has 3 N–H and O–H groups in total. The van der Waals surface area contributed by atoms with Crippen LogP contribution in [0.1, 0.15) is 10.4 Å². The Balaban J connectivity index is 2.40. The maximum atomic E-state index is 13.7. The van der Waals surface area contributed by atoms with Crippen LogP contribution in [0.5, 0.6) is 0 Å². The fourth-order valence-corrected chi connectivity index (χ4v) is 2.39. The summed E-state index contributed by atoms with van der Waals surface area (Å²) >= 11 is 0.935. The number of anilines is 1. The Morgan fingerprint density at radius 2 is 1.95 bits per heavy atom. The Bertz CT molecular complexity index is 647. The topological polar surface area (TPSA) is 63.3 Å². The zero-order chi connectivity index (χ0) is 14.0. The van der Waals surface area contributed by atoms with E-state index in [4.69, 9.17) is 10.8 Å². The molecule has 0 aliphatic heterocycles. The van der Waals surface area contributed by atoms with Crippen molar-refractivity contribution in [3.05, 3.63) is 53.6 Å². The van der Waals surface area contributed by atoms with E-state index in [-0.39, 0.29) is 16.1 Å². The lowest BCUT2D eigenvalue weighted by molar-refractivity contribution is 0.0697. The molecule has 0 radical (unpaired) electrons. The fourth-order valence-electron chi connectivity index (χ4n) is 1.49. The molecule has 0 aromatic heterocycles. The third kappa shape index (κ3) is 3.03. The molecule has 2 aromatic carbocycles. The number of hydrogen-bond donors (Lipinski definition) is 2. The molecule has 0 bridgehead atoms. The van der Waals surface area contributed by atoms with Crippen LogP contribution in [0.3, 0.4) is 0 Å². The number of halogens is 2. The van der Waals surface area contributed by atoms with Gasteiger partial charge in [-0.1, -0.05) is 17.8 Å². The van der Waals surface area contributed by atoms with E-state index in [0.717, 1.165) is 23.9 Å². The van der Waals surface area contributed by atoms with Gasteiger partial charge in [-0.05, 0) is 30.3 Å². The van der Waals surface area contributed by atoms with Gasteiger partial charge in [0, 0.05) is 15.5 Å². The molecular weight excluding hydrogens is 272 g/mol. The summed E-state index contributed by atoms with van der Waals surface area (Å²) in [6.07, 6.45) is 0. The number of benzene rings is 2. The van der Waals surface area contributed by atoms with Gasteiger partial charge in [0.2, 0.25) is 0 Å². The molecule has 19 heavy (non-hydrogen) atoms. The van der Waals surface area contributed by atoms with Gasteiger partial charge in [0.15, 0.2) is 0 Å². The highest BCUT2D eigenvalue weighted by atomic mass is 32.2. The normalized spacial score (nSPS) is 10.4. The summed E-state index contributed by atoms with van der Waals surface area (Å²) in [5.74, 6) is -2.32. The van der Waals surface area contributed by atoms with Crippen molar-refractivity contribution in [3.8, 4) is 0 Å². The minimum absolute atomic E-state index is 0.0807. The summed E-state index contributed by atoms with van der Waals surface area (Å²) in [6.45, 7) is 0. The molecule has 0 fully saturated rings. The molecule has 0 spiro atoms. The molecule has 2 rings (SSSR count). The zero-order valence-corrected chi connectivity index (χ0v) is 10.4. The molecule has 0 saturated heterocycles. The van der Waals surface area contributed by atoms with E-state index in [2.05, 4.69) is 0 Å². The summed E-state index contributed by atoms with van der Waals surface area (Å²) in [7, 11) is 0. The van der Waals surface area contributed by atoms with E-state index >= 15 is 0 Å². The summed E-state index contributed by atoms with van der Waals surface area (Å²) in [5.41, 5.74) is 5.09. The van der Waals surface area contributed by atoms with Crippen LogP contribution < -0.4 is 5.73 Å². The SMILES string of the molecule is Nc1cc(F)c(Sc2cccc(F)c2)cc1C(=O)O. The smallest absolute Gasteiger partial charge is 0.337 e. The van der Waals surface area contributed by atoms with Crippen molar-refractivity contribution in [1.82, 2.24) is 0 Å². The highest BCUT2D eigenvalue weighted by Gasteiger charge is 2.14. The minimum atomic E-state index is -1.24. The van der Waals surface area contributed by atoms with Crippen LogP contribution in [-0.2, 0) is 0 Å². The first kappa shape index (κ1) is 13.4. The number of nitrogen functional groups attached to an aromatic ring is 1. The number of carbonyl (C=O) groups is 1. The monoisotopic (exact) mass is 281 g/mol. The van der Waals surface area contributed by atoms with Gasteiger partial charge in [0.25, 0.3) is 0 Å². The molecule has 0 aliphatic rings. The standard InChI is InChI=1S/C13H9F2NO2S/c14-7-2-1-3-8(4-7)19-12-5-9(13(17)18)11(16)6-10(12)15/h1-6H,16H2,(H,17,18). The first-order chi connectivity index (χ1) is 8.97. The van der Waals surface area contributed by atoms with E-state index in [0.29, 0.717) is 4.90 Å². The van der Waals surface area contributed by atoms with Gasteiger partial charge in [-0.25, -0.2) is 13.6 Å². The quantitative estimate of drug-likeness (QED) is 0.846. The maximum Gasteiger partial charge on any atom is 0.337 e. The summed E-state index contributed by atoms with van der Waals surface area (Å²) in [6, 6.07) is 7.69. The Morgan fingerprint density at radius 3 is 2.58 bits per heavy atom.